The van der Waals surface area contributed by atoms with Gasteiger partial charge in [-0.2, -0.15) is 11.8 Å². The number of hydrogen-bond acceptors (Lipinski definition) is 7. The van der Waals surface area contributed by atoms with Gasteiger partial charge >= 0.3 is 5.97 Å². The van der Waals surface area contributed by atoms with Crippen LogP contribution >= 0.6 is 51.0 Å². The van der Waals surface area contributed by atoms with E-state index in [0.29, 0.717) is 32.4 Å². The molecular weight excluding hydrogens is 613 g/mol. The molecule has 0 aliphatic carbocycles. The number of halogens is 2. The summed E-state index contributed by atoms with van der Waals surface area (Å²) in [4.78, 5) is 34.7. The second kappa shape index (κ2) is 13.0. The lowest BCUT2D eigenvalue weighted by Crippen LogP contribution is -2.42. The molecule has 0 aliphatic heterocycles. The topological polar surface area (TPSA) is 122 Å². The summed E-state index contributed by atoms with van der Waals surface area (Å²) in [6.45, 7) is 3.16. The van der Waals surface area contributed by atoms with E-state index in [-0.39, 0.29) is 29.8 Å². The van der Waals surface area contributed by atoms with Gasteiger partial charge < -0.3 is 24.8 Å². The van der Waals surface area contributed by atoms with E-state index in [9.17, 15) is 24.2 Å². The van der Waals surface area contributed by atoms with Gasteiger partial charge in [-0.1, -0.05) is 0 Å². The largest absolute Gasteiger partial charge is 0.507 e. The van der Waals surface area contributed by atoms with Crippen LogP contribution < -0.4 is 10.1 Å². The highest BCUT2D eigenvalue weighted by molar-refractivity contribution is 9.11. The smallest absolute Gasteiger partial charge is 0.328 e. The highest BCUT2D eigenvalue weighted by Crippen LogP contribution is 2.44. The summed E-state index contributed by atoms with van der Waals surface area (Å²) >= 11 is 8.34. The van der Waals surface area contributed by atoms with Gasteiger partial charge in [0, 0.05) is 12.8 Å². The third-order valence-corrected chi connectivity index (χ3v) is 7.23. The molecule has 186 valence electrons. The lowest BCUT2D eigenvalue weighted by Gasteiger charge is -2.18. The van der Waals surface area contributed by atoms with E-state index in [1.54, 1.807) is 19.1 Å². The van der Waals surface area contributed by atoms with E-state index in [0.717, 1.165) is 0 Å². The molecule has 2 unspecified atom stereocenters. The number of hydrogen-bond donors (Lipinski definition) is 3. The molecule has 0 spiro atoms. The third-order valence-electron chi connectivity index (χ3n) is 4.45. The first-order valence-corrected chi connectivity index (χ1v) is 15.5. The molecule has 2 aromatic rings. The van der Waals surface area contributed by atoms with Gasteiger partial charge in [0.05, 0.1) is 21.1 Å². The summed E-state index contributed by atoms with van der Waals surface area (Å²) < 4.78 is 23.8. The van der Waals surface area contributed by atoms with Gasteiger partial charge in [0.1, 0.15) is 17.5 Å². The summed E-state index contributed by atoms with van der Waals surface area (Å²) in [6, 6.07) is 6.68. The minimum atomic E-state index is -3.25. The molecular formula is C22H26Br2NO7PS. The van der Waals surface area contributed by atoms with Crippen molar-refractivity contribution in [3.05, 3.63) is 50.4 Å². The number of phenols is 1. The highest BCUT2D eigenvalue weighted by atomic mass is 79.9. The second-order valence-electron chi connectivity index (χ2n) is 7.44. The Hall–Kier alpha value is -1.52. The number of benzene rings is 2. The summed E-state index contributed by atoms with van der Waals surface area (Å²) in [7, 11) is -3.25. The van der Waals surface area contributed by atoms with Crippen LogP contribution in [0, 0.1) is 0 Å². The Morgan fingerprint density at radius 1 is 1.21 bits per heavy atom. The molecule has 0 radical (unpaired) electrons. The van der Waals surface area contributed by atoms with Crippen molar-refractivity contribution in [1.82, 2.24) is 5.32 Å². The van der Waals surface area contributed by atoms with Crippen molar-refractivity contribution >= 4 is 62.9 Å². The van der Waals surface area contributed by atoms with Crippen LogP contribution in [0.2, 0.25) is 0 Å². The number of ether oxygens (including phenoxy) is 2. The van der Waals surface area contributed by atoms with Crippen LogP contribution in [-0.4, -0.2) is 53.2 Å². The van der Waals surface area contributed by atoms with Gasteiger partial charge in [0.15, 0.2) is 5.75 Å². The Balaban J connectivity index is 2.26. The molecule has 12 heteroatoms. The molecule has 0 aliphatic rings. The summed E-state index contributed by atoms with van der Waals surface area (Å²) in [5.41, 5.74) is 0.576. The summed E-state index contributed by atoms with van der Waals surface area (Å²) in [5.74, 6) is -0.166. The van der Waals surface area contributed by atoms with E-state index in [4.69, 9.17) is 9.47 Å². The maximum atomic E-state index is 12.9. The maximum Gasteiger partial charge on any atom is 0.328 e. The minimum Gasteiger partial charge on any atom is -0.507 e. The van der Waals surface area contributed by atoms with E-state index < -0.39 is 25.3 Å². The van der Waals surface area contributed by atoms with Crippen LogP contribution in [0.15, 0.2) is 39.3 Å². The number of phenolic OH excluding ortho intramolecular Hbond substituents is 1. The fourth-order valence-electron chi connectivity index (χ4n) is 2.98. The van der Waals surface area contributed by atoms with Crippen molar-refractivity contribution in [3.63, 3.8) is 0 Å². The third kappa shape index (κ3) is 8.61. The van der Waals surface area contributed by atoms with Gasteiger partial charge in [-0.25, -0.2) is 4.79 Å². The van der Waals surface area contributed by atoms with Crippen molar-refractivity contribution in [2.24, 2.45) is 0 Å². The Morgan fingerprint density at radius 3 is 2.41 bits per heavy atom. The quantitative estimate of drug-likeness (QED) is 0.217. The van der Waals surface area contributed by atoms with Crippen LogP contribution in [0.25, 0.3) is 0 Å². The zero-order valence-electron chi connectivity index (χ0n) is 18.8. The molecule has 0 aromatic heterocycles. The number of thioether (sulfide) groups is 1. The standard InChI is InChI=1S/C22H26Br2NO7PS/c1-4-31-22(28)18(7-8-34-3)25-21(27)15-11-14(5-6-19(15)26)32-20-16(23)9-13(10-17(20)24)12-33(2,29)30/h5-6,9-11,18,26H,4,7-8,12H2,1-3H3,(H,25,27)(H,29,30). The molecule has 8 nitrogen and oxygen atoms in total. The molecule has 2 aromatic carbocycles. The first kappa shape index (κ1) is 28.7. The van der Waals surface area contributed by atoms with Gasteiger partial charge in [0.2, 0.25) is 7.37 Å². The lowest BCUT2D eigenvalue weighted by atomic mass is 10.1. The molecule has 0 heterocycles. The number of nitrogens with one attached hydrogen (secondary N) is 1. The maximum absolute atomic E-state index is 12.9. The predicted octanol–water partition coefficient (Wildman–Crippen LogP) is 5.52. The predicted molar refractivity (Wildman–Crippen MR) is 140 cm³/mol. The van der Waals surface area contributed by atoms with E-state index in [2.05, 4.69) is 37.2 Å². The van der Waals surface area contributed by atoms with Crippen LogP contribution in [0.3, 0.4) is 0 Å². The van der Waals surface area contributed by atoms with Crippen LogP contribution in [0.1, 0.15) is 29.3 Å². The van der Waals surface area contributed by atoms with Crippen molar-refractivity contribution < 1.29 is 33.6 Å². The molecule has 34 heavy (non-hydrogen) atoms. The highest BCUT2D eigenvalue weighted by Gasteiger charge is 2.24. The van der Waals surface area contributed by atoms with Gasteiger partial charge in [-0.05, 0) is 93.1 Å². The zero-order chi connectivity index (χ0) is 25.5. The number of rotatable bonds is 11. The number of carbonyl (C=O) groups is 2. The van der Waals surface area contributed by atoms with Crippen molar-refractivity contribution in [3.8, 4) is 17.2 Å². The monoisotopic (exact) mass is 637 g/mol. The molecule has 2 rings (SSSR count). The fourth-order valence-corrected chi connectivity index (χ4v) is 5.76. The van der Waals surface area contributed by atoms with E-state index >= 15 is 0 Å². The molecule has 0 saturated heterocycles. The van der Waals surface area contributed by atoms with Gasteiger partial charge in [-0.15, -0.1) is 0 Å². The fraction of sp³-hybridized carbons (Fsp3) is 0.364. The average molecular weight is 639 g/mol. The van der Waals surface area contributed by atoms with Gasteiger partial charge in [0.25, 0.3) is 5.91 Å². The average Bonchev–Trinajstić information content (AvgIpc) is 2.73. The molecule has 1 amide bonds. The Morgan fingerprint density at radius 2 is 1.85 bits per heavy atom. The Labute approximate surface area is 219 Å². The van der Waals surface area contributed by atoms with Crippen molar-refractivity contribution in [2.75, 3.05) is 25.3 Å². The molecule has 0 saturated carbocycles. The summed E-state index contributed by atoms with van der Waals surface area (Å²) in [5, 5.41) is 12.9. The first-order chi connectivity index (χ1) is 15.9. The molecule has 3 N–H and O–H groups in total. The van der Waals surface area contributed by atoms with Crippen molar-refractivity contribution in [1.29, 1.82) is 0 Å². The van der Waals surface area contributed by atoms with Gasteiger partial charge in [-0.3, -0.25) is 9.36 Å². The second-order valence-corrected chi connectivity index (χ2v) is 12.6. The number of esters is 1. The van der Waals surface area contributed by atoms with Crippen molar-refractivity contribution in [2.45, 2.75) is 25.5 Å². The Bertz CT molecular complexity index is 1070. The lowest BCUT2D eigenvalue weighted by molar-refractivity contribution is -0.145. The zero-order valence-corrected chi connectivity index (χ0v) is 23.7. The van der Waals surface area contributed by atoms with Crippen LogP contribution in [0.4, 0.5) is 0 Å². The molecule has 0 fully saturated rings. The summed E-state index contributed by atoms with van der Waals surface area (Å²) in [6.07, 6.45) is 2.28. The number of aromatic hydroxyl groups is 1. The molecule has 2 atom stereocenters. The van der Waals surface area contributed by atoms with E-state index in [1.807, 2.05) is 6.26 Å². The molecule has 0 bridgehead atoms. The number of carbonyl (C=O) groups excluding carboxylic acids is 2. The minimum absolute atomic E-state index is 0.00613. The van der Waals surface area contributed by atoms with Crippen LogP contribution in [0.5, 0.6) is 17.2 Å². The normalized spacial score (nSPS) is 13.6. The van der Waals surface area contributed by atoms with Crippen LogP contribution in [-0.2, 0) is 20.3 Å². The van der Waals surface area contributed by atoms with E-state index in [1.165, 1.54) is 36.6 Å². The SMILES string of the molecule is CCOC(=O)C(CCSC)NC(=O)c1cc(Oc2c(Br)cc(CP(C)(=O)O)cc2Br)ccc1O. The first-order valence-electron chi connectivity index (χ1n) is 10.2. The Kier molecular flexibility index (Phi) is 11.0. The number of amides is 1.